The van der Waals surface area contributed by atoms with Crippen LogP contribution in [0.5, 0.6) is 0 Å². The molecule has 0 fully saturated rings. The summed E-state index contributed by atoms with van der Waals surface area (Å²) in [7, 11) is 0. The summed E-state index contributed by atoms with van der Waals surface area (Å²) in [6.07, 6.45) is 1.00. The molecule has 8 heteroatoms. The van der Waals surface area contributed by atoms with E-state index in [1.165, 1.54) is 18.7 Å². The number of carbonyl (C=O) groups is 3. The number of ketones is 2. The fraction of sp³-hybridized carbons (Fsp3) is 0.125. The van der Waals surface area contributed by atoms with E-state index in [2.05, 4.69) is 21.5 Å². The molecule has 0 atom stereocenters. The molecule has 1 heterocycles. The van der Waals surface area contributed by atoms with Crippen LogP contribution in [-0.4, -0.2) is 28.3 Å². The lowest BCUT2D eigenvalue weighted by Gasteiger charge is -2.11. The van der Waals surface area contributed by atoms with Crippen molar-refractivity contribution < 1.29 is 19.2 Å². The number of benzene rings is 4. The van der Waals surface area contributed by atoms with Crippen LogP contribution in [0.15, 0.2) is 93.8 Å². The van der Waals surface area contributed by atoms with Gasteiger partial charge in [0.25, 0.3) is 0 Å². The first kappa shape index (κ1) is 27.4. The maximum Gasteiger partial charge on any atom is 0.331 e. The van der Waals surface area contributed by atoms with E-state index in [-0.39, 0.29) is 5.78 Å². The average Bonchev–Trinajstić information content (AvgIpc) is 3.27. The number of rotatable bonds is 8. The molecule has 0 unspecified atom stereocenters. The summed E-state index contributed by atoms with van der Waals surface area (Å²) in [5.41, 5.74) is 4.40. The number of carbonyl (C=O) groups excluding carboxylic acids is 3. The van der Waals surface area contributed by atoms with Crippen molar-refractivity contribution in [3.8, 4) is 0 Å². The van der Waals surface area contributed by atoms with Gasteiger partial charge < -0.3 is 9.40 Å². The Balaban J connectivity index is 1.76. The normalized spacial score (nSPS) is 11.4. The predicted octanol–water partition coefficient (Wildman–Crippen LogP) is 7.89. The van der Waals surface area contributed by atoms with Gasteiger partial charge in [-0.05, 0) is 74.0 Å². The molecule has 0 N–H and O–H groups in total. The Hall–Kier alpha value is -4.20. The highest BCUT2D eigenvalue weighted by atomic mass is 35.5. The van der Waals surface area contributed by atoms with Crippen molar-refractivity contribution in [2.24, 2.45) is 5.16 Å². The van der Waals surface area contributed by atoms with E-state index in [1.54, 1.807) is 18.2 Å². The molecule has 0 amide bonds. The van der Waals surface area contributed by atoms with Crippen molar-refractivity contribution in [3.63, 3.8) is 0 Å². The molecular formula is C32H25ClN2O4S. The SMILES string of the molecule is CCn1c2ccc(C(=O)c3ccccc3C)cc2c2c(Sc3ccc(Cl)cc3)c(C(=O)C=NOC(C)=O)ccc21. The Morgan fingerprint density at radius 1 is 0.950 bits per heavy atom. The van der Waals surface area contributed by atoms with Crippen molar-refractivity contribution in [1.29, 1.82) is 0 Å². The van der Waals surface area contributed by atoms with Crippen LogP contribution in [0.1, 0.15) is 45.7 Å². The largest absolute Gasteiger partial charge is 0.341 e. The third-order valence-corrected chi connectivity index (χ3v) is 7.99. The molecule has 0 aliphatic heterocycles. The van der Waals surface area contributed by atoms with Gasteiger partial charge in [0.15, 0.2) is 5.78 Å². The highest BCUT2D eigenvalue weighted by Crippen LogP contribution is 2.42. The minimum Gasteiger partial charge on any atom is -0.341 e. The van der Waals surface area contributed by atoms with Crippen LogP contribution in [0, 0.1) is 6.92 Å². The van der Waals surface area contributed by atoms with E-state index >= 15 is 0 Å². The molecule has 4 aromatic carbocycles. The van der Waals surface area contributed by atoms with E-state index in [9.17, 15) is 14.4 Å². The van der Waals surface area contributed by atoms with Crippen molar-refractivity contribution >= 4 is 68.9 Å². The maximum absolute atomic E-state index is 13.5. The van der Waals surface area contributed by atoms with Gasteiger partial charge >= 0.3 is 5.97 Å². The number of aromatic nitrogens is 1. The quantitative estimate of drug-likeness (QED) is 0.0823. The summed E-state index contributed by atoms with van der Waals surface area (Å²) >= 11 is 7.55. The topological polar surface area (TPSA) is 77.7 Å². The van der Waals surface area contributed by atoms with Crippen molar-refractivity contribution in [2.45, 2.75) is 37.1 Å². The number of Topliss-reactive ketones (excluding diaryl/α,β-unsaturated/α-hetero) is 1. The smallest absolute Gasteiger partial charge is 0.331 e. The van der Waals surface area contributed by atoms with Gasteiger partial charge in [-0.3, -0.25) is 9.59 Å². The van der Waals surface area contributed by atoms with Gasteiger partial charge in [-0.25, -0.2) is 4.79 Å². The first-order valence-corrected chi connectivity index (χ1v) is 13.9. The molecule has 5 rings (SSSR count). The van der Waals surface area contributed by atoms with Crippen LogP contribution in [0.4, 0.5) is 0 Å². The summed E-state index contributed by atoms with van der Waals surface area (Å²) in [4.78, 5) is 44.2. The maximum atomic E-state index is 13.5. The molecule has 0 aliphatic carbocycles. The van der Waals surface area contributed by atoms with E-state index in [0.717, 1.165) is 38.5 Å². The van der Waals surface area contributed by atoms with Crippen LogP contribution in [-0.2, 0) is 16.2 Å². The highest BCUT2D eigenvalue weighted by Gasteiger charge is 2.22. The highest BCUT2D eigenvalue weighted by molar-refractivity contribution is 7.99. The zero-order valence-corrected chi connectivity index (χ0v) is 23.7. The first-order chi connectivity index (χ1) is 19.3. The number of hydrogen-bond acceptors (Lipinski definition) is 6. The Kier molecular flexibility index (Phi) is 7.87. The number of oxime groups is 1. The third kappa shape index (κ3) is 5.30. The van der Waals surface area contributed by atoms with E-state index < -0.39 is 11.8 Å². The summed E-state index contributed by atoms with van der Waals surface area (Å²) in [6.45, 7) is 5.88. The molecule has 0 radical (unpaired) electrons. The summed E-state index contributed by atoms with van der Waals surface area (Å²) in [5.74, 6) is -1.10. The zero-order valence-electron chi connectivity index (χ0n) is 22.1. The fourth-order valence-electron chi connectivity index (χ4n) is 4.76. The van der Waals surface area contributed by atoms with Gasteiger partial charge in [0.05, 0.1) is 5.52 Å². The lowest BCUT2D eigenvalue weighted by Crippen LogP contribution is -2.05. The molecule has 0 saturated carbocycles. The minimum absolute atomic E-state index is 0.0648. The summed E-state index contributed by atoms with van der Waals surface area (Å²) < 4.78 is 2.17. The van der Waals surface area contributed by atoms with Gasteiger partial charge in [0.2, 0.25) is 5.78 Å². The summed E-state index contributed by atoms with van der Waals surface area (Å²) in [6, 6.07) is 24.3. The number of hydrogen-bond donors (Lipinski definition) is 0. The van der Waals surface area contributed by atoms with E-state index in [0.29, 0.717) is 33.2 Å². The average molecular weight is 569 g/mol. The van der Waals surface area contributed by atoms with Gasteiger partial charge in [0.1, 0.15) is 6.21 Å². The van der Waals surface area contributed by atoms with E-state index in [1.807, 2.05) is 67.6 Å². The molecule has 6 nitrogen and oxygen atoms in total. The molecule has 5 aromatic rings. The molecule has 0 aliphatic rings. The van der Waals surface area contributed by atoms with Crippen LogP contribution in [0.3, 0.4) is 0 Å². The minimum atomic E-state index is -0.618. The van der Waals surface area contributed by atoms with Crippen molar-refractivity contribution in [2.75, 3.05) is 0 Å². The van der Waals surface area contributed by atoms with Crippen molar-refractivity contribution in [3.05, 3.63) is 106 Å². The lowest BCUT2D eigenvalue weighted by atomic mass is 9.97. The predicted molar refractivity (Wildman–Crippen MR) is 160 cm³/mol. The molecule has 0 bridgehead atoms. The molecular weight excluding hydrogens is 544 g/mol. The second kappa shape index (κ2) is 11.5. The lowest BCUT2D eigenvalue weighted by molar-refractivity contribution is -0.140. The zero-order chi connectivity index (χ0) is 28.4. The van der Waals surface area contributed by atoms with Gasteiger partial charge in [-0.15, -0.1) is 0 Å². The first-order valence-electron chi connectivity index (χ1n) is 12.7. The number of aryl methyl sites for hydroxylation is 2. The Labute approximate surface area is 240 Å². The molecule has 0 saturated heterocycles. The molecule has 40 heavy (non-hydrogen) atoms. The number of halogens is 1. The monoisotopic (exact) mass is 568 g/mol. The Bertz CT molecular complexity index is 1820. The summed E-state index contributed by atoms with van der Waals surface area (Å²) in [5, 5.41) is 5.87. The molecule has 200 valence electrons. The van der Waals surface area contributed by atoms with Crippen LogP contribution < -0.4 is 0 Å². The molecule has 0 spiro atoms. The van der Waals surface area contributed by atoms with Crippen molar-refractivity contribution in [1.82, 2.24) is 4.57 Å². The standard InChI is InChI=1S/C32H25ClN2O4S/c1-4-35-27-15-9-21(31(38)24-8-6-5-7-19(24)2)17-26(27)30-28(35)16-14-25(29(37)18-34-39-20(3)36)32(30)40-23-12-10-22(33)11-13-23/h5-18H,4H2,1-3H3. The van der Waals surface area contributed by atoms with Gasteiger partial charge in [-0.2, -0.15) is 0 Å². The van der Waals surface area contributed by atoms with Gasteiger partial charge in [0, 0.05) is 61.3 Å². The van der Waals surface area contributed by atoms with Crippen LogP contribution >= 0.6 is 23.4 Å². The Morgan fingerprint density at radius 3 is 2.38 bits per heavy atom. The second-order valence-electron chi connectivity index (χ2n) is 9.19. The third-order valence-electron chi connectivity index (χ3n) is 6.60. The fourth-order valence-corrected chi connectivity index (χ4v) is 5.99. The number of fused-ring (bicyclic) bond motifs is 3. The number of nitrogens with zero attached hydrogens (tertiary/aromatic N) is 2. The van der Waals surface area contributed by atoms with Gasteiger partial charge in [-0.1, -0.05) is 52.8 Å². The molecule has 1 aromatic heterocycles. The van der Waals surface area contributed by atoms with Crippen LogP contribution in [0.2, 0.25) is 5.02 Å². The second-order valence-corrected chi connectivity index (χ2v) is 10.7. The van der Waals surface area contributed by atoms with Crippen LogP contribution in [0.25, 0.3) is 21.8 Å². The Morgan fingerprint density at radius 2 is 1.68 bits per heavy atom. The van der Waals surface area contributed by atoms with E-state index in [4.69, 9.17) is 11.6 Å².